The second-order valence-electron chi connectivity index (χ2n) is 6.47. The number of carbonyl (C=O) groups excluding carboxylic acids is 1. The summed E-state index contributed by atoms with van der Waals surface area (Å²) in [7, 11) is 0. The second-order valence-corrected chi connectivity index (χ2v) is 7.94. The molecule has 2 aromatic carbocycles. The van der Waals surface area contributed by atoms with Crippen molar-refractivity contribution >= 4 is 51.8 Å². The van der Waals surface area contributed by atoms with E-state index in [2.05, 4.69) is 4.99 Å². The number of nitro groups is 1. The highest BCUT2D eigenvalue weighted by molar-refractivity contribution is 8.18. The zero-order chi connectivity index (χ0) is 22.8. The van der Waals surface area contributed by atoms with Gasteiger partial charge in [-0.15, -0.1) is 0 Å². The zero-order valence-corrected chi connectivity index (χ0v) is 18.1. The topological polar surface area (TPSA) is 120 Å². The monoisotopic (exact) mass is 474 g/mol. The van der Waals surface area contributed by atoms with Gasteiger partial charge >= 0.3 is 5.97 Å². The van der Waals surface area contributed by atoms with Gasteiger partial charge in [0, 0.05) is 5.02 Å². The summed E-state index contributed by atoms with van der Waals surface area (Å²) in [6, 6.07) is 9.28. The van der Waals surface area contributed by atoms with Gasteiger partial charge in [0.2, 0.25) is 6.79 Å². The Labute approximate surface area is 191 Å². The van der Waals surface area contributed by atoms with E-state index in [1.165, 1.54) is 18.2 Å². The molecule has 4 rings (SSSR count). The molecule has 2 aromatic rings. The highest BCUT2D eigenvalue weighted by atomic mass is 35.5. The number of nitrogens with zero attached hydrogens (tertiary/aromatic N) is 2. The van der Waals surface area contributed by atoms with Crippen LogP contribution in [-0.2, 0) is 9.53 Å². The maximum atomic E-state index is 12.5. The predicted molar refractivity (Wildman–Crippen MR) is 120 cm³/mol. The zero-order valence-electron chi connectivity index (χ0n) is 16.5. The number of aliphatic imine (C=N–C) groups is 1. The van der Waals surface area contributed by atoms with Crippen molar-refractivity contribution < 1.29 is 29.0 Å². The summed E-state index contributed by atoms with van der Waals surface area (Å²) in [4.78, 5) is 28.1. The molecule has 0 aliphatic carbocycles. The van der Waals surface area contributed by atoms with Crippen LogP contribution in [0.2, 0.25) is 5.02 Å². The Bertz CT molecular complexity index is 1210. The molecule has 0 amide bonds. The molecule has 0 radical (unpaired) electrons. The van der Waals surface area contributed by atoms with E-state index in [0.29, 0.717) is 16.5 Å². The van der Waals surface area contributed by atoms with E-state index in [-0.39, 0.29) is 51.7 Å². The molecule has 0 unspecified atom stereocenters. The summed E-state index contributed by atoms with van der Waals surface area (Å²) in [5, 5.41) is 23.1. The standard InChI is InChI=1S/C21H15ClN2O7S/c1-2-29-21(26)18-19(25)17(32-20(18)23-13-5-3-12(22)4-6-13)8-11-7-15-16(31-10-30-15)9-14(11)24(27)28/h3-9,25H,2,10H2,1H3/b17-8+,23-20?. The molecule has 0 saturated carbocycles. The predicted octanol–water partition coefficient (Wildman–Crippen LogP) is 5.17. The van der Waals surface area contributed by atoms with Gasteiger partial charge in [-0.3, -0.25) is 10.1 Å². The third-order valence-corrected chi connectivity index (χ3v) is 5.70. The summed E-state index contributed by atoms with van der Waals surface area (Å²) in [6.07, 6.45) is 1.39. The molecule has 0 bridgehead atoms. The summed E-state index contributed by atoms with van der Waals surface area (Å²) in [5.74, 6) is -0.536. The number of fused-ring (bicyclic) bond motifs is 1. The Morgan fingerprint density at radius 3 is 2.66 bits per heavy atom. The van der Waals surface area contributed by atoms with Gasteiger partial charge in [0.05, 0.1) is 33.8 Å². The van der Waals surface area contributed by atoms with Gasteiger partial charge in [-0.1, -0.05) is 23.4 Å². The number of hydrogen-bond donors (Lipinski definition) is 1. The summed E-state index contributed by atoms with van der Waals surface area (Å²) in [5.41, 5.74) is 0.309. The highest BCUT2D eigenvalue weighted by Gasteiger charge is 2.34. The Balaban J connectivity index is 1.80. The van der Waals surface area contributed by atoms with Crippen LogP contribution in [0.15, 0.2) is 57.6 Å². The van der Waals surface area contributed by atoms with Gasteiger partial charge in [-0.2, -0.15) is 0 Å². The van der Waals surface area contributed by atoms with Crippen LogP contribution in [0.25, 0.3) is 6.08 Å². The number of carbonyl (C=O) groups is 1. The number of aliphatic hydroxyl groups excluding tert-OH is 1. The van der Waals surface area contributed by atoms with Crippen LogP contribution >= 0.6 is 23.4 Å². The number of aliphatic hydroxyl groups is 1. The van der Waals surface area contributed by atoms with Gasteiger partial charge in [-0.25, -0.2) is 9.79 Å². The Kier molecular flexibility index (Phi) is 6.06. The highest BCUT2D eigenvalue weighted by Crippen LogP contribution is 2.43. The molecular formula is C21H15ClN2O7S. The number of ether oxygens (including phenoxy) is 3. The lowest BCUT2D eigenvalue weighted by atomic mass is 10.1. The molecular weight excluding hydrogens is 460 g/mol. The molecule has 2 aliphatic heterocycles. The molecule has 1 N–H and O–H groups in total. The lowest BCUT2D eigenvalue weighted by molar-refractivity contribution is -0.385. The molecule has 11 heteroatoms. The van der Waals surface area contributed by atoms with Crippen molar-refractivity contribution in [2.45, 2.75) is 6.92 Å². The van der Waals surface area contributed by atoms with Gasteiger partial charge < -0.3 is 19.3 Å². The first-order valence-electron chi connectivity index (χ1n) is 9.30. The normalized spacial score (nSPS) is 17.3. The van der Waals surface area contributed by atoms with Crippen LogP contribution in [0.3, 0.4) is 0 Å². The number of hydrogen-bond acceptors (Lipinski definition) is 9. The van der Waals surface area contributed by atoms with Crippen LogP contribution in [0.1, 0.15) is 12.5 Å². The molecule has 0 atom stereocenters. The lowest BCUT2D eigenvalue weighted by Crippen LogP contribution is -2.12. The van der Waals surface area contributed by atoms with Crippen LogP contribution in [0.5, 0.6) is 11.5 Å². The third-order valence-electron chi connectivity index (χ3n) is 4.43. The third kappa shape index (κ3) is 4.27. The first-order chi connectivity index (χ1) is 15.4. The fourth-order valence-electron chi connectivity index (χ4n) is 2.99. The van der Waals surface area contributed by atoms with E-state index in [4.69, 9.17) is 25.8 Å². The van der Waals surface area contributed by atoms with Gasteiger partial charge in [0.1, 0.15) is 16.4 Å². The Hall–Kier alpha value is -3.50. The van der Waals surface area contributed by atoms with Crippen LogP contribution in [-0.4, -0.2) is 34.4 Å². The number of nitro benzene ring substituents is 1. The van der Waals surface area contributed by atoms with Gasteiger partial charge in [-0.05, 0) is 43.3 Å². The SMILES string of the molecule is CCOC(=O)C1=C(O)/C(=C\c2cc3c(cc2[N+](=O)[O-])OCO3)SC1=Nc1ccc(Cl)cc1. The van der Waals surface area contributed by atoms with Crippen LogP contribution in [0.4, 0.5) is 11.4 Å². The molecule has 164 valence electrons. The average Bonchev–Trinajstić information content (AvgIpc) is 3.33. The van der Waals surface area contributed by atoms with Crippen molar-refractivity contribution in [1.29, 1.82) is 0 Å². The van der Waals surface area contributed by atoms with E-state index in [0.717, 1.165) is 11.8 Å². The molecule has 2 heterocycles. The fourth-order valence-corrected chi connectivity index (χ4v) is 4.14. The Morgan fingerprint density at radius 2 is 2.00 bits per heavy atom. The fraction of sp³-hybridized carbons (Fsp3) is 0.143. The molecule has 2 aliphatic rings. The summed E-state index contributed by atoms with van der Waals surface area (Å²) >= 11 is 6.89. The van der Waals surface area contributed by atoms with Crippen molar-refractivity contribution in [3.8, 4) is 11.5 Å². The van der Waals surface area contributed by atoms with Crippen molar-refractivity contribution in [3.63, 3.8) is 0 Å². The first kappa shape index (κ1) is 21.7. The molecule has 0 saturated heterocycles. The van der Waals surface area contributed by atoms with Crippen LogP contribution < -0.4 is 9.47 Å². The van der Waals surface area contributed by atoms with Crippen molar-refractivity contribution in [2.24, 2.45) is 4.99 Å². The molecule has 0 aromatic heterocycles. The number of benzene rings is 2. The van der Waals surface area contributed by atoms with Crippen molar-refractivity contribution in [1.82, 2.24) is 0 Å². The van der Waals surface area contributed by atoms with E-state index in [9.17, 15) is 20.0 Å². The average molecular weight is 475 g/mol. The van der Waals surface area contributed by atoms with E-state index >= 15 is 0 Å². The number of esters is 1. The molecule has 0 fully saturated rings. The summed E-state index contributed by atoms with van der Waals surface area (Å²) < 4.78 is 15.6. The minimum absolute atomic E-state index is 0.0443. The van der Waals surface area contributed by atoms with E-state index < -0.39 is 10.9 Å². The van der Waals surface area contributed by atoms with Crippen molar-refractivity contribution in [3.05, 3.63) is 73.3 Å². The molecule has 0 spiro atoms. The molecule has 32 heavy (non-hydrogen) atoms. The largest absolute Gasteiger partial charge is 0.506 e. The minimum atomic E-state index is -0.756. The number of thioether (sulfide) groups is 1. The second kappa shape index (κ2) is 8.93. The first-order valence-corrected chi connectivity index (χ1v) is 10.5. The lowest BCUT2D eigenvalue weighted by Gasteiger charge is -2.03. The van der Waals surface area contributed by atoms with Gasteiger partial charge in [0.15, 0.2) is 11.5 Å². The van der Waals surface area contributed by atoms with E-state index in [1.807, 2.05) is 0 Å². The van der Waals surface area contributed by atoms with E-state index in [1.54, 1.807) is 31.2 Å². The quantitative estimate of drug-likeness (QED) is 0.358. The smallest absolute Gasteiger partial charge is 0.344 e. The van der Waals surface area contributed by atoms with Crippen LogP contribution in [0, 0.1) is 10.1 Å². The number of halogens is 1. The minimum Gasteiger partial charge on any atom is -0.506 e. The number of rotatable bonds is 5. The van der Waals surface area contributed by atoms with Crippen molar-refractivity contribution in [2.75, 3.05) is 13.4 Å². The summed E-state index contributed by atoms with van der Waals surface area (Å²) in [6.45, 7) is 1.69. The maximum absolute atomic E-state index is 12.5. The molecule has 9 nitrogen and oxygen atoms in total. The maximum Gasteiger partial charge on any atom is 0.344 e. The van der Waals surface area contributed by atoms with Gasteiger partial charge in [0.25, 0.3) is 5.69 Å². The Morgan fingerprint density at radius 1 is 1.31 bits per heavy atom.